The standard InChI is InChI=1S/C17H23F3N2O2/c1-23-16-5-4-13(24-17(18,19)20)11-14(16)15(10-12-2-3-12)22-8-6-21-7-9-22/h4-5,11-12,15,21H,2-3,6-10H2,1H3/t15-/m0/s1. The van der Waals surface area contributed by atoms with Gasteiger partial charge in [-0.3, -0.25) is 4.90 Å². The van der Waals surface area contributed by atoms with Crippen molar-refractivity contribution < 1.29 is 22.6 Å². The lowest BCUT2D eigenvalue weighted by molar-refractivity contribution is -0.274. The van der Waals surface area contributed by atoms with Gasteiger partial charge in [-0.2, -0.15) is 0 Å². The summed E-state index contributed by atoms with van der Waals surface area (Å²) in [7, 11) is 1.55. The molecule has 0 spiro atoms. The Kier molecular flexibility index (Phi) is 5.20. The minimum absolute atomic E-state index is 0.0614. The van der Waals surface area contributed by atoms with Gasteiger partial charge in [-0.25, -0.2) is 0 Å². The Labute approximate surface area is 139 Å². The zero-order valence-electron chi connectivity index (χ0n) is 13.7. The van der Waals surface area contributed by atoms with Crippen LogP contribution in [0, 0.1) is 5.92 Å². The highest BCUT2D eigenvalue weighted by atomic mass is 19.4. The molecular weight excluding hydrogens is 321 g/mol. The number of nitrogens with zero attached hydrogens (tertiary/aromatic N) is 1. The number of rotatable bonds is 6. The summed E-state index contributed by atoms with van der Waals surface area (Å²) in [6.45, 7) is 3.54. The lowest BCUT2D eigenvalue weighted by atomic mass is 9.97. The lowest BCUT2D eigenvalue weighted by Gasteiger charge is -2.36. The first kappa shape index (κ1) is 17.4. The number of ether oxygens (including phenoxy) is 2. The molecule has 1 aliphatic carbocycles. The lowest BCUT2D eigenvalue weighted by Crippen LogP contribution is -2.45. The predicted molar refractivity (Wildman–Crippen MR) is 84.2 cm³/mol. The van der Waals surface area contributed by atoms with Crippen molar-refractivity contribution in [1.82, 2.24) is 10.2 Å². The van der Waals surface area contributed by atoms with Crippen molar-refractivity contribution in [2.24, 2.45) is 5.92 Å². The second kappa shape index (κ2) is 7.19. The van der Waals surface area contributed by atoms with Crippen LogP contribution in [0.25, 0.3) is 0 Å². The van der Waals surface area contributed by atoms with E-state index in [0.29, 0.717) is 11.7 Å². The minimum Gasteiger partial charge on any atom is -0.496 e. The van der Waals surface area contributed by atoms with E-state index in [1.54, 1.807) is 13.2 Å². The molecule has 3 rings (SSSR count). The van der Waals surface area contributed by atoms with Gasteiger partial charge >= 0.3 is 6.36 Å². The number of piperazine rings is 1. The van der Waals surface area contributed by atoms with Crippen molar-refractivity contribution in [2.75, 3.05) is 33.3 Å². The minimum atomic E-state index is -4.69. The maximum Gasteiger partial charge on any atom is 0.573 e. The van der Waals surface area contributed by atoms with Crippen molar-refractivity contribution in [3.8, 4) is 11.5 Å². The summed E-state index contributed by atoms with van der Waals surface area (Å²) < 4.78 is 47.2. The number of nitrogens with one attached hydrogen (secondary N) is 1. The molecule has 0 bridgehead atoms. The third kappa shape index (κ3) is 4.54. The molecule has 24 heavy (non-hydrogen) atoms. The Morgan fingerprint density at radius 3 is 2.54 bits per heavy atom. The van der Waals surface area contributed by atoms with Crippen molar-refractivity contribution >= 4 is 0 Å². The van der Waals surface area contributed by atoms with Gasteiger partial charge in [0.2, 0.25) is 0 Å². The Morgan fingerprint density at radius 1 is 1.25 bits per heavy atom. The quantitative estimate of drug-likeness (QED) is 0.858. The fourth-order valence-corrected chi connectivity index (χ4v) is 3.31. The summed E-state index contributed by atoms with van der Waals surface area (Å²) in [6, 6.07) is 4.42. The first-order chi connectivity index (χ1) is 11.5. The highest BCUT2D eigenvalue weighted by molar-refractivity contribution is 5.42. The Morgan fingerprint density at radius 2 is 1.96 bits per heavy atom. The SMILES string of the molecule is COc1ccc(OC(F)(F)F)cc1[C@H](CC1CC1)N1CCNCC1. The number of benzene rings is 1. The van der Waals surface area contributed by atoms with E-state index < -0.39 is 6.36 Å². The number of halogens is 3. The Hall–Kier alpha value is -1.47. The highest BCUT2D eigenvalue weighted by Gasteiger charge is 2.34. The van der Waals surface area contributed by atoms with Gasteiger partial charge in [-0.1, -0.05) is 12.8 Å². The number of hydrogen-bond donors (Lipinski definition) is 1. The van der Waals surface area contributed by atoms with Crippen LogP contribution in [-0.4, -0.2) is 44.6 Å². The van der Waals surface area contributed by atoms with Crippen LogP contribution in [0.4, 0.5) is 13.2 Å². The molecule has 1 aromatic carbocycles. The van der Waals surface area contributed by atoms with Crippen LogP contribution in [0.1, 0.15) is 30.9 Å². The maximum absolute atomic E-state index is 12.6. The van der Waals surface area contributed by atoms with Gasteiger partial charge in [0.05, 0.1) is 7.11 Å². The smallest absolute Gasteiger partial charge is 0.496 e. The molecule has 0 amide bonds. The molecule has 134 valence electrons. The number of methoxy groups -OCH3 is 1. The van der Waals surface area contributed by atoms with Gasteiger partial charge in [-0.05, 0) is 30.5 Å². The van der Waals surface area contributed by atoms with Crippen molar-refractivity contribution in [2.45, 2.75) is 31.7 Å². The Balaban J connectivity index is 1.89. The van der Waals surface area contributed by atoms with Crippen LogP contribution in [0.15, 0.2) is 18.2 Å². The predicted octanol–water partition coefficient (Wildman–Crippen LogP) is 3.34. The molecule has 1 N–H and O–H groups in total. The average Bonchev–Trinajstić information content (AvgIpc) is 3.36. The molecule has 1 heterocycles. The summed E-state index contributed by atoms with van der Waals surface area (Å²) in [5.74, 6) is 1.09. The van der Waals surface area contributed by atoms with Crippen LogP contribution >= 0.6 is 0 Å². The van der Waals surface area contributed by atoms with E-state index in [2.05, 4.69) is 15.0 Å². The number of hydrogen-bond acceptors (Lipinski definition) is 4. The summed E-state index contributed by atoms with van der Waals surface area (Å²) in [6.07, 6.45) is -1.34. The summed E-state index contributed by atoms with van der Waals surface area (Å²) in [4.78, 5) is 2.34. The molecule has 0 radical (unpaired) electrons. The summed E-state index contributed by atoms with van der Waals surface area (Å²) in [5, 5.41) is 3.31. The van der Waals surface area contributed by atoms with Crippen LogP contribution in [0.2, 0.25) is 0 Å². The van der Waals surface area contributed by atoms with Gasteiger partial charge in [0, 0.05) is 37.8 Å². The third-order valence-electron chi connectivity index (χ3n) is 4.64. The van der Waals surface area contributed by atoms with Crippen molar-refractivity contribution in [3.05, 3.63) is 23.8 Å². The van der Waals surface area contributed by atoms with Gasteiger partial charge in [0.1, 0.15) is 11.5 Å². The molecule has 1 aromatic rings. The molecule has 0 aromatic heterocycles. The van der Waals surface area contributed by atoms with E-state index in [1.165, 1.54) is 25.0 Å². The average molecular weight is 344 g/mol. The maximum atomic E-state index is 12.6. The first-order valence-corrected chi connectivity index (χ1v) is 8.35. The monoisotopic (exact) mass is 344 g/mol. The molecule has 1 aliphatic heterocycles. The van der Waals surface area contributed by atoms with E-state index in [4.69, 9.17) is 4.74 Å². The van der Waals surface area contributed by atoms with Gasteiger partial charge in [-0.15, -0.1) is 13.2 Å². The van der Waals surface area contributed by atoms with E-state index in [9.17, 15) is 13.2 Å². The van der Waals surface area contributed by atoms with Crippen molar-refractivity contribution in [1.29, 1.82) is 0 Å². The molecule has 1 atom stereocenters. The zero-order valence-corrected chi connectivity index (χ0v) is 13.7. The third-order valence-corrected chi connectivity index (χ3v) is 4.64. The molecule has 7 heteroatoms. The van der Waals surface area contributed by atoms with E-state index >= 15 is 0 Å². The fraction of sp³-hybridized carbons (Fsp3) is 0.647. The van der Waals surface area contributed by atoms with E-state index in [1.807, 2.05) is 0 Å². The van der Waals surface area contributed by atoms with E-state index in [-0.39, 0.29) is 11.8 Å². The van der Waals surface area contributed by atoms with Gasteiger partial charge in [0.15, 0.2) is 0 Å². The molecule has 2 fully saturated rings. The molecule has 0 unspecified atom stereocenters. The normalized spacial score (nSPS) is 20.7. The largest absolute Gasteiger partial charge is 0.573 e. The second-order valence-electron chi connectivity index (χ2n) is 6.43. The van der Waals surface area contributed by atoms with Crippen LogP contribution in [-0.2, 0) is 0 Å². The van der Waals surface area contributed by atoms with Gasteiger partial charge in [0.25, 0.3) is 0 Å². The molecule has 2 aliphatic rings. The molecule has 1 saturated heterocycles. The van der Waals surface area contributed by atoms with E-state index in [0.717, 1.165) is 38.2 Å². The molecular formula is C17H23F3N2O2. The second-order valence-corrected chi connectivity index (χ2v) is 6.43. The first-order valence-electron chi connectivity index (χ1n) is 8.35. The van der Waals surface area contributed by atoms with Crippen molar-refractivity contribution in [3.63, 3.8) is 0 Å². The zero-order chi connectivity index (χ0) is 17.2. The fourth-order valence-electron chi connectivity index (χ4n) is 3.31. The molecule has 4 nitrogen and oxygen atoms in total. The summed E-state index contributed by atoms with van der Waals surface area (Å²) in [5.41, 5.74) is 0.785. The van der Waals surface area contributed by atoms with Gasteiger partial charge < -0.3 is 14.8 Å². The highest BCUT2D eigenvalue weighted by Crippen LogP contribution is 2.43. The topological polar surface area (TPSA) is 33.7 Å². The number of alkyl halides is 3. The van der Waals surface area contributed by atoms with Crippen LogP contribution in [0.3, 0.4) is 0 Å². The summed E-state index contributed by atoms with van der Waals surface area (Å²) >= 11 is 0. The van der Waals surface area contributed by atoms with Crippen LogP contribution in [0.5, 0.6) is 11.5 Å². The molecule has 1 saturated carbocycles. The van der Waals surface area contributed by atoms with Crippen LogP contribution < -0.4 is 14.8 Å². The Bertz CT molecular complexity index is 555.